The zero-order valence-electron chi connectivity index (χ0n) is 10.5. The van der Waals surface area contributed by atoms with E-state index in [1.165, 1.54) is 0 Å². The summed E-state index contributed by atoms with van der Waals surface area (Å²) < 4.78 is 34.6. The van der Waals surface area contributed by atoms with Crippen LogP contribution in [-0.2, 0) is 29.1 Å². The molecule has 1 saturated heterocycles. The fourth-order valence-corrected chi connectivity index (χ4v) is 2.77. The Morgan fingerprint density at radius 2 is 1.95 bits per heavy atom. The minimum atomic E-state index is -3.89. The number of hydrogen-bond acceptors (Lipinski definition) is 6. The molecule has 0 aliphatic carbocycles. The maximum absolute atomic E-state index is 11.6. The van der Waals surface area contributed by atoms with E-state index in [-0.39, 0.29) is 32.6 Å². The Labute approximate surface area is 111 Å². The zero-order valence-corrected chi connectivity index (χ0v) is 11.4. The second-order valence-electron chi connectivity index (χ2n) is 4.35. The lowest BCUT2D eigenvalue weighted by atomic mass is 9.80. The van der Waals surface area contributed by atoms with Gasteiger partial charge in [-0.15, -0.1) is 0 Å². The van der Waals surface area contributed by atoms with Gasteiger partial charge in [0.2, 0.25) is 10.0 Å². The summed E-state index contributed by atoms with van der Waals surface area (Å²) in [7, 11) is -2.81. The van der Waals surface area contributed by atoms with Gasteiger partial charge in [-0.25, -0.2) is 13.1 Å². The fourth-order valence-electron chi connectivity index (χ4n) is 1.74. The molecule has 8 nitrogen and oxygen atoms in total. The molecule has 0 unspecified atom stereocenters. The molecule has 1 aliphatic heterocycles. The highest BCUT2D eigenvalue weighted by Crippen LogP contribution is 2.30. The average Bonchev–Trinajstić information content (AvgIpc) is 2.37. The van der Waals surface area contributed by atoms with Crippen LogP contribution in [0.25, 0.3) is 0 Å². The minimum absolute atomic E-state index is 0.225. The molecular weight excluding hydrogens is 278 g/mol. The predicted molar refractivity (Wildman–Crippen MR) is 63.9 cm³/mol. The molecule has 0 aromatic rings. The van der Waals surface area contributed by atoms with E-state index in [0.717, 1.165) is 7.11 Å². The van der Waals surface area contributed by atoms with Crippen LogP contribution in [0.1, 0.15) is 12.8 Å². The Hall–Kier alpha value is -1.19. The van der Waals surface area contributed by atoms with Gasteiger partial charge in [-0.1, -0.05) is 0 Å². The molecule has 9 heteroatoms. The maximum Gasteiger partial charge on any atom is 0.322 e. The molecule has 0 aromatic carbocycles. The Kier molecular flexibility index (Phi) is 5.27. The van der Waals surface area contributed by atoms with Crippen molar-refractivity contribution < 1.29 is 32.6 Å². The maximum atomic E-state index is 11.6. The van der Waals surface area contributed by atoms with Gasteiger partial charge in [0.25, 0.3) is 0 Å². The molecule has 0 bridgehead atoms. The van der Waals surface area contributed by atoms with Crippen molar-refractivity contribution in [1.82, 2.24) is 4.72 Å². The molecule has 1 aliphatic rings. The largest absolute Gasteiger partial charge is 0.481 e. The summed E-state index contributed by atoms with van der Waals surface area (Å²) in [5.41, 5.74) is -1.18. The molecule has 1 rings (SSSR count). The number of esters is 1. The van der Waals surface area contributed by atoms with Crippen LogP contribution in [0.4, 0.5) is 0 Å². The number of carbonyl (C=O) groups excluding carboxylic acids is 1. The van der Waals surface area contributed by atoms with E-state index in [0.29, 0.717) is 0 Å². The van der Waals surface area contributed by atoms with Crippen LogP contribution in [0.15, 0.2) is 0 Å². The van der Waals surface area contributed by atoms with Crippen LogP contribution in [0, 0.1) is 5.41 Å². The van der Waals surface area contributed by atoms with Crippen molar-refractivity contribution in [2.75, 3.05) is 32.6 Å². The third-order valence-electron chi connectivity index (χ3n) is 3.07. The number of ether oxygens (including phenoxy) is 2. The molecule has 110 valence electrons. The number of hydrogen-bond donors (Lipinski definition) is 2. The van der Waals surface area contributed by atoms with E-state index in [2.05, 4.69) is 9.46 Å². The lowest BCUT2D eigenvalue weighted by Gasteiger charge is -2.32. The van der Waals surface area contributed by atoms with E-state index in [1.807, 2.05) is 0 Å². The van der Waals surface area contributed by atoms with Crippen molar-refractivity contribution in [2.45, 2.75) is 12.8 Å². The van der Waals surface area contributed by atoms with Gasteiger partial charge in [-0.2, -0.15) is 0 Å². The lowest BCUT2D eigenvalue weighted by molar-refractivity contribution is -0.154. The highest BCUT2D eigenvalue weighted by atomic mass is 32.2. The summed E-state index contributed by atoms with van der Waals surface area (Å²) in [4.78, 5) is 22.2. The van der Waals surface area contributed by atoms with Crippen LogP contribution >= 0.6 is 0 Å². The van der Waals surface area contributed by atoms with Gasteiger partial charge >= 0.3 is 11.9 Å². The Bertz CT molecular complexity index is 439. The molecule has 1 heterocycles. The van der Waals surface area contributed by atoms with Crippen molar-refractivity contribution in [3.8, 4) is 0 Å². The summed E-state index contributed by atoms with van der Waals surface area (Å²) >= 11 is 0. The van der Waals surface area contributed by atoms with Crippen LogP contribution < -0.4 is 4.72 Å². The number of rotatable bonds is 6. The Morgan fingerprint density at radius 1 is 1.37 bits per heavy atom. The molecule has 0 spiro atoms. The van der Waals surface area contributed by atoms with Gasteiger partial charge in [0, 0.05) is 19.8 Å². The minimum Gasteiger partial charge on any atom is -0.481 e. The molecule has 0 radical (unpaired) electrons. The summed E-state index contributed by atoms with van der Waals surface area (Å²) in [6.07, 6.45) is 0.451. The molecular formula is C10H17NO7S. The summed E-state index contributed by atoms with van der Waals surface area (Å²) in [5, 5.41) is 9.23. The third kappa shape index (κ3) is 4.44. The van der Waals surface area contributed by atoms with Crippen LogP contribution in [0.5, 0.6) is 0 Å². The summed E-state index contributed by atoms with van der Waals surface area (Å²) in [6.45, 7) is 0.279. The van der Waals surface area contributed by atoms with Crippen molar-refractivity contribution in [1.29, 1.82) is 0 Å². The van der Waals surface area contributed by atoms with Crippen molar-refractivity contribution in [3.05, 3.63) is 0 Å². The van der Waals surface area contributed by atoms with Crippen LogP contribution in [0.2, 0.25) is 0 Å². The molecule has 1 fully saturated rings. The number of sulfonamides is 1. The van der Waals surface area contributed by atoms with Gasteiger partial charge in [0.05, 0.1) is 12.5 Å². The van der Waals surface area contributed by atoms with Gasteiger partial charge in [0.1, 0.15) is 0 Å². The summed E-state index contributed by atoms with van der Waals surface area (Å²) in [6, 6.07) is 0. The van der Waals surface area contributed by atoms with Crippen LogP contribution in [0.3, 0.4) is 0 Å². The molecule has 0 saturated carbocycles. The molecule has 0 aromatic heterocycles. The molecule has 0 amide bonds. The summed E-state index contributed by atoms with van der Waals surface area (Å²) in [5.74, 6) is -2.80. The number of nitrogens with one attached hydrogen (secondary N) is 1. The number of aliphatic carboxylic acids is 1. The lowest BCUT2D eigenvalue weighted by Crippen LogP contribution is -2.47. The Balaban J connectivity index is 2.66. The monoisotopic (exact) mass is 295 g/mol. The topological polar surface area (TPSA) is 119 Å². The second-order valence-corrected chi connectivity index (χ2v) is 6.16. The quantitative estimate of drug-likeness (QED) is 0.601. The molecule has 19 heavy (non-hydrogen) atoms. The standard InChI is InChI=1S/C10H17NO7S/c1-17-8(12)6-19(15,16)11-7-10(9(13)14)2-4-18-5-3-10/h11H,2-7H2,1H3,(H,13,14). The third-order valence-corrected chi connectivity index (χ3v) is 4.27. The second kappa shape index (κ2) is 6.31. The van der Waals surface area contributed by atoms with E-state index in [9.17, 15) is 23.1 Å². The fraction of sp³-hybridized carbons (Fsp3) is 0.800. The molecule has 2 N–H and O–H groups in total. The smallest absolute Gasteiger partial charge is 0.322 e. The average molecular weight is 295 g/mol. The number of carboxylic acids is 1. The SMILES string of the molecule is COC(=O)CS(=O)(=O)NCC1(C(=O)O)CCOCC1. The van der Waals surface area contributed by atoms with E-state index in [4.69, 9.17) is 4.74 Å². The first-order valence-electron chi connectivity index (χ1n) is 5.67. The first-order valence-corrected chi connectivity index (χ1v) is 7.32. The number of carbonyl (C=O) groups is 2. The van der Waals surface area contributed by atoms with Gasteiger partial charge in [-0.05, 0) is 12.8 Å². The highest BCUT2D eigenvalue weighted by molar-refractivity contribution is 7.90. The van der Waals surface area contributed by atoms with Gasteiger partial charge < -0.3 is 14.6 Å². The van der Waals surface area contributed by atoms with E-state index >= 15 is 0 Å². The first-order chi connectivity index (χ1) is 8.81. The number of methoxy groups -OCH3 is 1. The Morgan fingerprint density at radius 3 is 2.42 bits per heavy atom. The van der Waals surface area contributed by atoms with Crippen molar-refractivity contribution in [3.63, 3.8) is 0 Å². The van der Waals surface area contributed by atoms with Crippen LogP contribution in [-0.4, -0.2) is 58.1 Å². The molecule has 0 atom stereocenters. The zero-order chi connectivity index (χ0) is 14.5. The highest BCUT2D eigenvalue weighted by Gasteiger charge is 2.41. The van der Waals surface area contributed by atoms with Gasteiger partial charge in [0.15, 0.2) is 5.75 Å². The normalized spacial score (nSPS) is 18.8. The number of carboxylic acid groups (broad SMARTS) is 1. The van der Waals surface area contributed by atoms with E-state index in [1.54, 1.807) is 0 Å². The first kappa shape index (κ1) is 15.9. The van der Waals surface area contributed by atoms with Crippen molar-refractivity contribution >= 4 is 22.0 Å². The van der Waals surface area contributed by atoms with Crippen molar-refractivity contribution in [2.24, 2.45) is 5.41 Å². The van der Waals surface area contributed by atoms with E-state index < -0.39 is 33.1 Å². The predicted octanol–water partition coefficient (Wildman–Crippen LogP) is -1.04. The van der Waals surface area contributed by atoms with Gasteiger partial charge in [-0.3, -0.25) is 9.59 Å².